The highest BCUT2D eigenvalue weighted by Crippen LogP contribution is 2.34. The summed E-state index contributed by atoms with van der Waals surface area (Å²) < 4.78 is 0. The summed E-state index contributed by atoms with van der Waals surface area (Å²) in [5.74, 6) is 1.06. The van der Waals surface area contributed by atoms with Crippen LogP contribution in [0.3, 0.4) is 0 Å². The molecule has 4 nitrogen and oxygen atoms in total. The Kier molecular flexibility index (Phi) is 2.69. The minimum absolute atomic E-state index is 0.963. The molecule has 2 aliphatic heterocycles. The first-order chi connectivity index (χ1) is 9.81. The van der Waals surface area contributed by atoms with Gasteiger partial charge in [0.1, 0.15) is 0 Å². The molecule has 104 valence electrons. The van der Waals surface area contributed by atoms with Crippen LogP contribution in [0.2, 0.25) is 0 Å². The zero-order chi connectivity index (χ0) is 13.5. The summed E-state index contributed by atoms with van der Waals surface area (Å²) in [4.78, 5) is 10.8. The largest absolute Gasteiger partial charge is 0.384 e. The lowest BCUT2D eigenvalue weighted by atomic mass is 10.1. The van der Waals surface area contributed by atoms with Gasteiger partial charge in [-0.15, -0.1) is 0 Å². The minimum Gasteiger partial charge on any atom is -0.384 e. The molecule has 1 aromatic heterocycles. The Bertz CT molecular complexity index is 638. The molecule has 0 radical (unpaired) electrons. The zero-order valence-electron chi connectivity index (χ0n) is 11.9. The molecule has 0 bridgehead atoms. The molecule has 2 N–H and O–H groups in total. The van der Waals surface area contributed by atoms with Crippen molar-refractivity contribution in [2.75, 3.05) is 29.9 Å². The Morgan fingerprint density at radius 1 is 1.20 bits per heavy atom. The van der Waals surface area contributed by atoms with Crippen LogP contribution in [-0.2, 0) is 6.42 Å². The van der Waals surface area contributed by atoms with Gasteiger partial charge in [-0.05, 0) is 31.9 Å². The van der Waals surface area contributed by atoms with Crippen molar-refractivity contribution >= 4 is 11.6 Å². The summed E-state index contributed by atoms with van der Waals surface area (Å²) in [7, 11) is 0. The Morgan fingerprint density at radius 3 is 2.90 bits per heavy atom. The van der Waals surface area contributed by atoms with Crippen molar-refractivity contribution in [1.82, 2.24) is 9.97 Å². The van der Waals surface area contributed by atoms with Gasteiger partial charge in [0, 0.05) is 43.0 Å². The van der Waals surface area contributed by atoms with Crippen LogP contribution in [0, 0.1) is 6.92 Å². The maximum absolute atomic E-state index is 4.91. The SMILES string of the molecule is Cc1ccc2c(c1)-c1nc(N3CCCC3)[nH]c1CCN2. The first kappa shape index (κ1) is 11.8. The highest BCUT2D eigenvalue weighted by Gasteiger charge is 2.22. The number of hydrogen-bond acceptors (Lipinski definition) is 3. The normalized spacial score (nSPS) is 17.4. The van der Waals surface area contributed by atoms with Crippen LogP contribution < -0.4 is 10.2 Å². The second-order valence-corrected chi connectivity index (χ2v) is 5.81. The van der Waals surface area contributed by atoms with E-state index < -0.39 is 0 Å². The van der Waals surface area contributed by atoms with Crippen LogP contribution in [-0.4, -0.2) is 29.6 Å². The average Bonchev–Trinajstić information content (AvgIpc) is 3.07. The number of H-pyrrole nitrogens is 1. The van der Waals surface area contributed by atoms with Crippen molar-refractivity contribution in [3.05, 3.63) is 29.5 Å². The van der Waals surface area contributed by atoms with Crippen LogP contribution in [0.1, 0.15) is 24.1 Å². The summed E-state index contributed by atoms with van der Waals surface area (Å²) >= 11 is 0. The summed E-state index contributed by atoms with van der Waals surface area (Å²) in [5, 5.41) is 3.50. The van der Waals surface area contributed by atoms with Gasteiger partial charge in [0.15, 0.2) is 0 Å². The molecule has 1 fully saturated rings. The maximum atomic E-state index is 4.91. The smallest absolute Gasteiger partial charge is 0.203 e. The van der Waals surface area contributed by atoms with Gasteiger partial charge in [-0.2, -0.15) is 0 Å². The van der Waals surface area contributed by atoms with Gasteiger partial charge in [0.25, 0.3) is 0 Å². The van der Waals surface area contributed by atoms with Crippen LogP contribution in [0.4, 0.5) is 11.6 Å². The predicted octanol–water partition coefficient (Wildman–Crippen LogP) is 2.95. The molecule has 0 atom stereocenters. The average molecular weight is 268 g/mol. The van der Waals surface area contributed by atoms with E-state index in [0.29, 0.717) is 0 Å². The lowest BCUT2D eigenvalue weighted by Crippen LogP contribution is -2.19. The van der Waals surface area contributed by atoms with Crippen LogP contribution in [0.25, 0.3) is 11.3 Å². The van der Waals surface area contributed by atoms with E-state index in [4.69, 9.17) is 4.98 Å². The zero-order valence-corrected chi connectivity index (χ0v) is 11.9. The monoisotopic (exact) mass is 268 g/mol. The van der Waals surface area contributed by atoms with Crippen LogP contribution in [0.5, 0.6) is 0 Å². The molecule has 2 aromatic rings. The molecule has 4 heteroatoms. The van der Waals surface area contributed by atoms with Gasteiger partial charge in [-0.3, -0.25) is 0 Å². The van der Waals surface area contributed by atoms with E-state index in [-0.39, 0.29) is 0 Å². The highest BCUT2D eigenvalue weighted by atomic mass is 15.3. The number of nitrogens with zero attached hydrogens (tertiary/aromatic N) is 2. The van der Waals surface area contributed by atoms with Crippen molar-refractivity contribution in [3.8, 4) is 11.3 Å². The van der Waals surface area contributed by atoms with Gasteiger partial charge in [-0.25, -0.2) is 4.98 Å². The van der Waals surface area contributed by atoms with E-state index in [1.807, 2.05) is 0 Å². The predicted molar refractivity (Wildman–Crippen MR) is 82.4 cm³/mol. The molecule has 0 unspecified atom stereocenters. The van der Waals surface area contributed by atoms with Crippen molar-refractivity contribution in [1.29, 1.82) is 0 Å². The molecular formula is C16H20N4. The first-order valence-corrected chi connectivity index (χ1v) is 7.50. The number of benzene rings is 1. The number of imidazole rings is 1. The second kappa shape index (κ2) is 4.54. The van der Waals surface area contributed by atoms with Gasteiger partial charge < -0.3 is 15.2 Å². The molecule has 0 spiro atoms. The fourth-order valence-electron chi connectivity index (χ4n) is 3.21. The van der Waals surface area contributed by atoms with Crippen LogP contribution in [0.15, 0.2) is 18.2 Å². The fraction of sp³-hybridized carbons (Fsp3) is 0.438. The van der Waals surface area contributed by atoms with Gasteiger partial charge in [-0.1, -0.05) is 11.6 Å². The summed E-state index contributed by atoms with van der Waals surface area (Å²) in [6.07, 6.45) is 3.56. The first-order valence-electron chi connectivity index (χ1n) is 7.50. The topological polar surface area (TPSA) is 44.0 Å². The number of aryl methyl sites for hydroxylation is 1. The van der Waals surface area contributed by atoms with Gasteiger partial charge >= 0.3 is 0 Å². The molecular weight excluding hydrogens is 248 g/mol. The van der Waals surface area contributed by atoms with Crippen molar-refractivity contribution in [2.24, 2.45) is 0 Å². The molecule has 1 aromatic carbocycles. The standard InChI is InChI=1S/C16H20N4/c1-11-4-5-13-12(10-11)15-14(6-7-17-13)18-16(19-15)20-8-2-3-9-20/h4-5,10,17H,2-3,6-9H2,1H3,(H,18,19). The number of rotatable bonds is 1. The Balaban J connectivity index is 1.82. The van der Waals surface area contributed by atoms with E-state index in [1.165, 1.54) is 35.3 Å². The summed E-state index contributed by atoms with van der Waals surface area (Å²) in [6, 6.07) is 6.57. The van der Waals surface area contributed by atoms with E-state index in [0.717, 1.165) is 37.7 Å². The number of nitrogens with one attached hydrogen (secondary N) is 2. The third-order valence-corrected chi connectivity index (χ3v) is 4.29. The van der Waals surface area contributed by atoms with E-state index in [2.05, 4.69) is 40.3 Å². The molecule has 0 saturated carbocycles. The Hall–Kier alpha value is -1.97. The summed E-state index contributed by atoms with van der Waals surface area (Å²) in [5.41, 5.74) is 6.12. The number of fused-ring (bicyclic) bond motifs is 3. The molecule has 0 aliphatic carbocycles. The number of aromatic amines is 1. The van der Waals surface area contributed by atoms with Crippen molar-refractivity contribution in [3.63, 3.8) is 0 Å². The highest BCUT2D eigenvalue weighted by molar-refractivity contribution is 5.79. The Morgan fingerprint density at radius 2 is 2.05 bits per heavy atom. The lowest BCUT2D eigenvalue weighted by molar-refractivity contribution is 0.905. The second-order valence-electron chi connectivity index (χ2n) is 5.81. The van der Waals surface area contributed by atoms with E-state index >= 15 is 0 Å². The number of aromatic nitrogens is 2. The quantitative estimate of drug-likeness (QED) is 0.835. The third kappa shape index (κ3) is 1.87. The molecule has 0 amide bonds. The van der Waals surface area contributed by atoms with Crippen molar-refractivity contribution < 1.29 is 0 Å². The molecule has 20 heavy (non-hydrogen) atoms. The van der Waals surface area contributed by atoms with E-state index in [9.17, 15) is 0 Å². The molecule has 4 rings (SSSR count). The fourth-order valence-corrected chi connectivity index (χ4v) is 3.21. The summed E-state index contributed by atoms with van der Waals surface area (Å²) in [6.45, 7) is 5.36. The van der Waals surface area contributed by atoms with Crippen molar-refractivity contribution in [2.45, 2.75) is 26.2 Å². The Labute approximate surface area is 119 Å². The van der Waals surface area contributed by atoms with Gasteiger partial charge in [0.2, 0.25) is 5.95 Å². The van der Waals surface area contributed by atoms with E-state index in [1.54, 1.807) is 0 Å². The number of hydrogen-bond donors (Lipinski definition) is 2. The molecule has 1 saturated heterocycles. The number of anilines is 2. The maximum Gasteiger partial charge on any atom is 0.203 e. The van der Waals surface area contributed by atoms with Crippen LogP contribution >= 0.6 is 0 Å². The molecule has 3 heterocycles. The molecule has 2 aliphatic rings. The lowest BCUT2D eigenvalue weighted by Gasteiger charge is -2.13. The third-order valence-electron chi connectivity index (χ3n) is 4.29. The minimum atomic E-state index is 0.963. The van der Waals surface area contributed by atoms with Gasteiger partial charge in [0.05, 0.1) is 5.69 Å².